The van der Waals surface area contributed by atoms with Crippen molar-refractivity contribution in [2.24, 2.45) is 0 Å². The van der Waals surface area contributed by atoms with Crippen molar-refractivity contribution in [3.8, 4) is 10.4 Å². The van der Waals surface area contributed by atoms with E-state index < -0.39 is 0 Å². The molecular weight excluding hydrogens is 226 g/mol. The van der Waals surface area contributed by atoms with Gasteiger partial charge in [0.2, 0.25) is 0 Å². The Labute approximate surface area is 106 Å². The van der Waals surface area contributed by atoms with Gasteiger partial charge in [-0.1, -0.05) is 24.3 Å². The first kappa shape index (κ1) is 11.0. The first-order valence-corrected chi connectivity index (χ1v) is 6.99. The minimum Gasteiger partial charge on any atom is -0.309 e. The number of thiophene rings is 1. The van der Waals surface area contributed by atoms with Gasteiger partial charge in [0.15, 0.2) is 0 Å². The first-order chi connectivity index (χ1) is 8.25. The molecule has 88 valence electrons. The smallest absolute Gasteiger partial charge is 0.0389 e. The van der Waals surface area contributed by atoms with Gasteiger partial charge >= 0.3 is 0 Å². The molecule has 0 saturated heterocycles. The van der Waals surface area contributed by atoms with E-state index in [9.17, 15) is 0 Å². The van der Waals surface area contributed by atoms with Crippen LogP contribution in [0.1, 0.15) is 29.0 Å². The zero-order valence-electron chi connectivity index (χ0n) is 10.3. The molecule has 0 bridgehead atoms. The number of benzene rings is 1. The zero-order valence-corrected chi connectivity index (χ0v) is 11.1. The summed E-state index contributed by atoms with van der Waals surface area (Å²) >= 11 is 1.95. The van der Waals surface area contributed by atoms with Crippen molar-refractivity contribution in [1.29, 1.82) is 0 Å². The lowest BCUT2D eigenvalue weighted by Crippen LogP contribution is -2.26. The number of fused-ring (bicyclic) bond motifs is 1. The molecule has 0 fully saturated rings. The molecule has 1 unspecified atom stereocenters. The molecule has 1 aliphatic rings. The fourth-order valence-corrected chi connectivity index (χ4v) is 3.83. The SMILES string of the molecule is Cc1ccccc1-c1cc2c(s1)C(C)NCC2. The van der Waals surface area contributed by atoms with Crippen LogP contribution in [0.15, 0.2) is 30.3 Å². The highest BCUT2D eigenvalue weighted by Crippen LogP contribution is 2.37. The molecule has 1 aliphatic heterocycles. The van der Waals surface area contributed by atoms with Crippen LogP contribution in [-0.4, -0.2) is 6.54 Å². The van der Waals surface area contributed by atoms with E-state index in [1.54, 1.807) is 5.56 Å². The minimum atomic E-state index is 0.515. The van der Waals surface area contributed by atoms with Gasteiger partial charge in [-0.15, -0.1) is 11.3 Å². The van der Waals surface area contributed by atoms with Crippen LogP contribution >= 0.6 is 11.3 Å². The molecule has 1 aromatic heterocycles. The summed E-state index contributed by atoms with van der Waals surface area (Å²) in [5.41, 5.74) is 4.30. The summed E-state index contributed by atoms with van der Waals surface area (Å²) in [6.07, 6.45) is 1.17. The third-order valence-corrected chi connectivity index (χ3v) is 4.88. The van der Waals surface area contributed by atoms with Crippen molar-refractivity contribution in [3.63, 3.8) is 0 Å². The fraction of sp³-hybridized carbons (Fsp3) is 0.333. The normalized spacial score (nSPS) is 19.1. The van der Waals surface area contributed by atoms with Gasteiger partial charge in [0.1, 0.15) is 0 Å². The summed E-state index contributed by atoms with van der Waals surface area (Å²) in [5.74, 6) is 0. The summed E-state index contributed by atoms with van der Waals surface area (Å²) in [6.45, 7) is 5.56. The molecular formula is C15H17NS. The molecule has 17 heavy (non-hydrogen) atoms. The average Bonchev–Trinajstić information content (AvgIpc) is 2.75. The quantitative estimate of drug-likeness (QED) is 0.800. The second kappa shape index (κ2) is 4.28. The van der Waals surface area contributed by atoms with Gasteiger partial charge in [-0.05, 0) is 49.6 Å². The Morgan fingerprint density at radius 1 is 1.29 bits per heavy atom. The maximum absolute atomic E-state index is 3.53. The second-order valence-electron chi connectivity index (χ2n) is 4.74. The Balaban J connectivity index is 2.08. The van der Waals surface area contributed by atoms with E-state index in [2.05, 4.69) is 49.5 Å². The predicted molar refractivity (Wildman–Crippen MR) is 74.6 cm³/mol. The summed E-state index contributed by atoms with van der Waals surface area (Å²) in [4.78, 5) is 2.94. The van der Waals surface area contributed by atoms with E-state index in [4.69, 9.17) is 0 Å². The largest absolute Gasteiger partial charge is 0.309 e. The minimum absolute atomic E-state index is 0.515. The van der Waals surface area contributed by atoms with Gasteiger partial charge in [0, 0.05) is 15.8 Å². The van der Waals surface area contributed by atoms with Crippen LogP contribution < -0.4 is 5.32 Å². The van der Waals surface area contributed by atoms with Gasteiger partial charge in [-0.2, -0.15) is 0 Å². The highest BCUT2D eigenvalue weighted by molar-refractivity contribution is 7.15. The molecule has 0 radical (unpaired) electrons. The predicted octanol–water partition coefficient (Wildman–Crippen LogP) is 3.93. The number of rotatable bonds is 1. The zero-order chi connectivity index (χ0) is 11.8. The molecule has 0 saturated carbocycles. The van der Waals surface area contributed by atoms with Crippen LogP contribution in [0.3, 0.4) is 0 Å². The number of nitrogens with one attached hydrogen (secondary N) is 1. The molecule has 0 amide bonds. The van der Waals surface area contributed by atoms with Crippen LogP contribution in [0, 0.1) is 6.92 Å². The van der Waals surface area contributed by atoms with E-state index in [-0.39, 0.29) is 0 Å². The molecule has 2 aromatic rings. The topological polar surface area (TPSA) is 12.0 Å². The van der Waals surface area contributed by atoms with Gasteiger partial charge < -0.3 is 5.32 Å². The van der Waals surface area contributed by atoms with Crippen molar-refractivity contribution >= 4 is 11.3 Å². The van der Waals surface area contributed by atoms with Crippen molar-refractivity contribution in [2.45, 2.75) is 26.3 Å². The fourth-order valence-electron chi connectivity index (χ4n) is 2.50. The maximum atomic E-state index is 3.53. The van der Waals surface area contributed by atoms with E-state index >= 15 is 0 Å². The lowest BCUT2D eigenvalue weighted by molar-refractivity contribution is 0.551. The standard InChI is InChI=1S/C15H17NS/c1-10-5-3-4-6-13(10)14-9-12-7-8-16-11(2)15(12)17-14/h3-6,9,11,16H,7-8H2,1-2H3. The van der Waals surface area contributed by atoms with Gasteiger partial charge in [0.25, 0.3) is 0 Å². The van der Waals surface area contributed by atoms with E-state index in [1.165, 1.54) is 27.3 Å². The van der Waals surface area contributed by atoms with Crippen molar-refractivity contribution in [2.75, 3.05) is 6.54 Å². The molecule has 0 aliphatic carbocycles. The second-order valence-corrected chi connectivity index (χ2v) is 5.82. The Kier molecular flexibility index (Phi) is 2.77. The number of hydrogen-bond donors (Lipinski definition) is 1. The maximum Gasteiger partial charge on any atom is 0.0389 e. The molecule has 1 aromatic carbocycles. The van der Waals surface area contributed by atoms with Gasteiger partial charge in [0.05, 0.1) is 0 Å². The highest BCUT2D eigenvalue weighted by atomic mass is 32.1. The highest BCUT2D eigenvalue weighted by Gasteiger charge is 2.19. The lowest BCUT2D eigenvalue weighted by atomic mass is 10.0. The molecule has 1 nitrogen and oxygen atoms in total. The van der Waals surface area contributed by atoms with E-state index in [1.807, 2.05) is 11.3 Å². The first-order valence-electron chi connectivity index (χ1n) is 6.17. The number of aryl methyl sites for hydroxylation is 1. The third-order valence-electron chi connectivity index (χ3n) is 3.49. The van der Waals surface area contributed by atoms with Crippen LogP contribution in [0.25, 0.3) is 10.4 Å². The van der Waals surface area contributed by atoms with Crippen LogP contribution in [-0.2, 0) is 6.42 Å². The lowest BCUT2D eigenvalue weighted by Gasteiger charge is -2.19. The number of hydrogen-bond acceptors (Lipinski definition) is 2. The molecule has 0 spiro atoms. The van der Waals surface area contributed by atoms with Crippen LogP contribution in [0.5, 0.6) is 0 Å². The Morgan fingerprint density at radius 3 is 2.88 bits per heavy atom. The summed E-state index contributed by atoms with van der Waals surface area (Å²) in [5, 5.41) is 3.53. The molecule has 3 rings (SSSR count). The monoisotopic (exact) mass is 243 g/mol. The van der Waals surface area contributed by atoms with Crippen LogP contribution in [0.4, 0.5) is 0 Å². The summed E-state index contributed by atoms with van der Waals surface area (Å²) < 4.78 is 0. The molecule has 2 heterocycles. The Bertz CT molecular complexity index is 542. The van der Waals surface area contributed by atoms with Gasteiger partial charge in [-0.3, -0.25) is 0 Å². The molecule has 1 N–H and O–H groups in total. The van der Waals surface area contributed by atoms with E-state index in [0.717, 1.165) is 6.54 Å². The Hall–Kier alpha value is -1.12. The Morgan fingerprint density at radius 2 is 2.12 bits per heavy atom. The third kappa shape index (κ3) is 1.92. The van der Waals surface area contributed by atoms with Crippen molar-refractivity contribution < 1.29 is 0 Å². The summed E-state index contributed by atoms with van der Waals surface area (Å²) in [7, 11) is 0. The van der Waals surface area contributed by atoms with Crippen molar-refractivity contribution in [3.05, 3.63) is 46.3 Å². The average molecular weight is 243 g/mol. The van der Waals surface area contributed by atoms with Crippen LogP contribution in [0.2, 0.25) is 0 Å². The molecule has 1 atom stereocenters. The van der Waals surface area contributed by atoms with Crippen molar-refractivity contribution in [1.82, 2.24) is 5.32 Å². The summed E-state index contributed by atoms with van der Waals surface area (Å²) in [6, 6.07) is 11.6. The molecule has 2 heteroatoms. The van der Waals surface area contributed by atoms with Gasteiger partial charge in [-0.25, -0.2) is 0 Å². The van der Waals surface area contributed by atoms with E-state index in [0.29, 0.717) is 6.04 Å².